The van der Waals surface area contributed by atoms with Crippen LogP contribution in [0.3, 0.4) is 0 Å². The largest absolute Gasteiger partial charge is 0.368 e. The van der Waals surface area contributed by atoms with Gasteiger partial charge in [-0.1, -0.05) is 23.7 Å². The summed E-state index contributed by atoms with van der Waals surface area (Å²) in [7, 11) is 0. The summed E-state index contributed by atoms with van der Waals surface area (Å²) in [5, 5.41) is 8.14. The molecule has 3 rings (SSSR count). The first-order chi connectivity index (χ1) is 10.0. The maximum absolute atomic E-state index is 6.00. The van der Waals surface area contributed by atoms with Crippen LogP contribution in [-0.4, -0.2) is 24.6 Å². The highest BCUT2D eigenvalue weighted by Crippen LogP contribution is 2.20. The molecule has 0 saturated carbocycles. The minimum atomic E-state index is -0.00334. The lowest BCUT2D eigenvalue weighted by molar-refractivity contribution is 0.845. The molecule has 1 aromatic carbocycles. The van der Waals surface area contributed by atoms with Gasteiger partial charge in [0.05, 0.1) is 6.04 Å². The van der Waals surface area contributed by atoms with Crippen molar-refractivity contribution in [3.05, 3.63) is 40.7 Å². The van der Waals surface area contributed by atoms with Crippen LogP contribution in [0, 0.1) is 6.92 Å². The zero-order valence-electron chi connectivity index (χ0n) is 11.6. The van der Waals surface area contributed by atoms with E-state index < -0.39 is 0 Å². The summed E-state index contributed by atoms with van der Waals surface area (Å²) in [5.74, 6) is 1.67. The molecule has 108 valence electrons. The van der Waals surface area contributed by atoms with E-state index in [1.165, 1.54) is 4.52 Å². The third kappa shape index (κ3) is 2.73. The number of aryl methyl sites for hydroxylation is 1. The van der Waals surface area contributed by atoms with Gasteiger partial charge >= 0.3 is 0 Å². The first-order valence-electron chi connectivity index (χ1n) is 6.42. The summed E-state index contributed by atoms with van der Waals surface area (Å²) in [5.41, 5.74) is 6.83. The molecule has 0 radical (unpaired) electrons. The van der Waals surface area contributed by atoms with Crippen LogP contribution in [0.1, 0.15) is 24.4 Å². The predicted molar refractivity (Wildman–Crippen MR) is 81.2 cm³/mol. The molecule has 0 saturated heterocycles. The Kier molecular flexibility index (Phi) is 3.34. The Morgan fingerprint density at radius 3 is 2.86 bits per heavy atom. The number of fused-ring (bicyclic) bond motifs is 1. The van der Waals surface area contributed by atoms with Gasteiger partial charge in [0.1, 0.15) is 5.82 Å². The fourth-order valence-electron chi connectivity index (χ4n) is 2.03. The molecule has 7 nitrogen and oxygen atoms in total. The molecular formula is C13H14ClN7. The minimum absolute atomic E-state index is 0.00334. The first-order valence-corrected chi connectivity index (χ1v) is 6.79. The molecule has 3 aromatic rings. The number of benzene rings is 1. The number of nitrogens with two attached hydrogens (primary N) is 1. The molecule has 8 heteroatoms. The van der Waals surface area contributed by atoms with Crippen molar-refractivity contribution in [3.8, 4) is 0 Å². The maximum Gasteiger partial charge on any atom is 0.258 e. The quantitative estimate of drug-likeness (QED) is 0.770. The van der Waals surface area contributed by atoms with Crippen molar-refractivity contribution < 1.29 is 0 Å². The molecule has 0 fully saturated rings. The molecular weight excluding hydrogens is 290 g/mol. The van der Waals surface area contributed by atoms with Crippen LogP contribution in [0.2, 0.25) is 5.02 Å². The van der Waals surface area contributed by atoms with E-state index in [0.717, 1.165) is 5.56 Å². The number of hydrogen-bond donors (Lipinski definition) is 2. The van der Waals surface area contributed by atoms with Crippen molar-refractivity contribution >= 4 is 29.3 Å². The van der Waals surface area contributed by atoms with Gasteiger partial charge in [-0.25, -0.2) is 0 Å². The number of hydrogen-bond acceptors (Lipinski definition) is 6. The normalized spacial score (nSPS) is 12.5. The second-order valence-corrected chi connectivity index (χ2v) is 5.13. The van der Waals surface area contributed by atoms with Gasteiger partial charge in [-0.15, -0.1) is 5.10 Å². The van der Waals surface area contributed by atoms with E-state index in [2.05, 4.69) is 25.4 Å². The Morgan fingerprint density at radius 2 is 2.10 bits per heavy atom. The zero-order valence-corrected chi connectivity index (χ0v) is 12.3. The zero-order chi connectivity index (χ0) is 15.0. The fraction of sp³-hybridized carbons (Fsp3) is 0.231. The second kappa shape index (κ2) is 5.17. The van der Waals surface area contributed by atoms with Gasteiger partial charge in [-0.3, -0.25) is 0 Å². The monoisotopic (exact) mass is 303 g/mol. The van der Waals surface area contributed by atoms with Crippen LogP contribution in [0.15, 0.2) is 24.3 Å². The van der Waals surface area contributed by atoms with Crippen molar-refractivity contribution in [2.24, 2.45) is 0 Å². The van der Waals surface area contributed by atoms with Gasteiger partial charge in [0.2, 0.25) is 11.9 Å². The fourth-order valence-corrected chi connectivity index (χ4v) is 2.23. The number of rotatable bonds is 3. The average Bonchev–Trinajstić information content (AvgIpc) is 2.81. The molecule has 0 bridgehead atoms. The van der Waals surface area contributed by atoms with Crippen LogP contribution in [0.5, 0.6) is 0 Å². The summed E-state index contributed by atoms with van der Waals surface area (Å²) in [6.07, 6.45) is 0. The number of nitrogen functional groups attached to an aromatic ring is 1. The van der Waals surface area contributed by atoms with Crippen LogP contribution in [0.4, 0.5) is 11.9 Å². The summed E-state index contributed by atoms with van der Waals surface area (Å²) in [6, 6.07) is 7.61. The van der Waals surface area contributed by atoms with Crippen LogP contribution in [0.25, 0.3) is 5.78 Å². The number of nitrogens with zero attached hydrogens (tertiary/aromatic N) is 5. The van der Waals surface area contributed by atoms with Gasteiger partial charge in [-0.2, -0.15) is 19.5 Å². The van der Waals surface area contributed by atoms with E-state index in [4.69, 9.17) is 17.3 Å². The van der Waals surface area contributed by atoms with Crippen molar-refractivity contribution in [2.75, 3.05) is 11.1 Å². The van der Waals surface area contributed by atoms with E-state index in [9.17, 15) is 0 Å². The molecule has 0 amide bonds. The van der Waals surface area contributed by atoms with Crippen LogP contribution < -0.4 is 11.1 Å². The summed E-state index contributed by atoms with van der Waals surface area (Å²) >= 11 is 6.00. The molecule has 21 heavy (non-hydrogen) atoms. The van der Waals surface area contributed by atoms with E-state index in [-0.39, 0.29) is 12.0 Å². The van der Waals surface area contributed by atoms with Crippen molar-refractivity contribution in [2.45, 2.75) is 19.9 Å². The molecule has 0 aliphatic carbocycles. The standard InChI is InChI=1S/C13H14ClN7/c1-7(9-4-3-5-10(14)6-9)16-12-19-13-18-8(2)17-11(15)21(13)20-12/h3-7H,1-2H3,(H3,15,16,17,18,19,20)/t7-/m1/s1. The SMILES string of the molecule is Cc1nc(N)n2nc(N[C@H](C)c3cccc(Cl)c3)nc2n1. The Hall–Kier alpha value is -2.41. The van der Waals surface area contributed by atoms with Crippen molar-refractivity contribution in [3.63, 3.8) is 0 Å². The van der Waals surface area contributed by atoms with Gasteiger partial charge in [0.25, 0.3) is 5.78 Å². The smallest absolute Gasteiger partial charge is 0.258 e. The van der Waals surface area contributed by atoms with Crippen molar-refractivity contribution in [1.29, 1.82) is 0 Å². The lowest BCUT2D eigenvalue weighted by Gasteiger charge is -2.12. The molecule has 0 aliphatic rings. The molecule has 3 N–H and O–H groups in total. The number of nitrogens with one attached hydrogen (secondary N) is 1. The van der Waals surface area contributed by atoms with E-state index in [0.29, 0.717) is 22.6 Å². The number of halogens is 1. The Bertz CT molecular complexity index is 798. The first kappa shape index (κ1) is 13.6. The van der Waals surface area contributed by atoms with E-state index in [1.54, 1.807) is 6.92 Å². The number of aromatic nitrogens is 5. The van der Waals surface area contributed by atoms with Crippen LogP contribution in [-0.2, 0) is 0 Å². The highest BCUT2D eigenvalue weighted by molar-refractivity contribution is 6.30. The summed E-state index contributed by atoms with van der Waals surface area (Å²) in [6.45, 7) is 3.75. The lowest BCUT2D eigenvalue weighted by Crippen LogP contribution is -2.08. The van der Waals surface area contributed by atoms with Crippen LogP contribution >= 0.6 is 11.6 Å². The van der Waals surface area contributed by atoms with Crippen molar-refractivity contribution in [1.82, 2.24) is 24.6 Å². The summed E-state index contributed by atoms with van der Waals surface area (Å²) in [4.78, 5) is 12.5. The number of anilines is 2. The average molecular weight is 304 g/mol. The minimum Gasteiger partial charge on any atom is -0.368 e. The highest BCUT2D eigenvalue weighted by Gasteiger charge is 2.12. The van der Waals surface area contributed by atoms with E-state index >= 15 is 0 Å². The van der Waals surface area contributed by atoms with Gasteiger partial charge < -0.3 is 11.1 Å². The summed E-state index contributed by atoms with van der Waals surface area (Å²) < 4.78 is 1.40. The predicted octanol–water partition coefficient (Wildman–Crippen LogP) is 2.24. The molecule has 2 heterocycles. The molecule has 0 spiro atoms. The third-order valence-electron chi connectivity index (χ3n) is 3.04. The highest BCUT2D eigenvalue weighted by atomic mass is 35.5. The van der Waals surface area contributed by atoms with Gasteiger partial charge in [0.15, 0.2) is 0 Å². The Balaban J connectivity index is 1.89. The molecule has 0 unspecified atom stereocenters. The third-order valence-corrected chi connectivity index (χ3v) is 3.27. The van der Waals surface area contributed by atoms with Gasteiger partial charge in [0, 0.05) is 5.02 Å². The second-order valence-electron chi connectivity index (χ2n) is 4.70. The topological polar surface area (TPSA) is 94.0 Å². The molecule has 1 atom stereocenters. The Morgan fingerprint density at radius 1 is 1.29 bits per heavy atom. The molecule has 2 aromatic heterocycles. The lowest BCUT2D eigenvalue weighted by atomic mass is 10.1. The Labute approximate surface area is 126 Å². The maximum atomic E-state index is 6.00. The molecule has 0 aliphatic heterocycles. The van der Waals surface area contributed by atoms with Gasteiger partial charge in [-0.05, 0) is 31.5 Å². The van der Waals surface area contributed by atoms with E-state index in [1.807, 2.05) is 31.2 Å².